The van der Waals surface area contributed by atoms with Gasteiger partial charge < -0.3 is 28.4 Å². The molecule has 1 heterocycles. The van der Waals surface area contributed by atoms with Crippen LogP contribution in [0.2, 0.25) is 0 Å². The first-order valence-corrected chi connectivity index (χ1v) is 9.79. The van der Waals surface area contributed by atoms with Gasteiger partial charge in [0.2, 0.25) is 5.75 Å². The molecule has 1 aliphatic heterocycles. The van der Waals surface area contributed by atoms with Crippen molar-refractivity contribution in [1.29, 1.82) is 0 Å². The fourth-order valence-corrected chi connectivity index (χ4v) is 4.56. The maximum absolute atomic E-state index is 12.5. The van der Waals surface area contributed by atoms with Crippen molar-refractivity contribution >= 4 is 5.97 Å². The number of methoxy groups -OCH3 is 5. The van der Waals surface area contributed by atoms with Crippen LogP contribution in [0.5, 0.6) is 28.7 Å². The molecule has 30 heavy (non-hydrogen) atoms. The lowest BCUT2D eigenvalue weighted by Crippen LogP contribution is -2.23. The molecule has 0 spiro atoms. The third-order valence-electron chi connectivity index (χ3n) is 6.05. The molecular weight excluding hydrogens is 388 g/mol. The van der Waals surface area contributed by atoms with Gasteiger partial charge in [0.05, 0.1) is 48.1 Å². The average Bonchev–Trinajstić information content (AvgIpc) is 3.10. The SMILES string of the molecule is COc1cc2c(cc1OC)-c1cc(OC)c(OC)c(OC)c1C[C@H]1C(=O)OC[C@H]1C2. The van der Waals surface area contributed by atoms with Crippen molar-refractivity contribution in [2.45, 2.75) is 12.8 Å². The van der Waals surface area contributed by atoms with Crippen LogP contribution in [-0.2, 0) is 22.4 Å². The van der Waals surface area contributed by atoms with E-state index in [1.54, 1.807) is 35.5 Å². The largest absolute Gasteiger partial charge is 0.493 e. The highest BCUT2D eigenvalue weighted by molar-refractivity contribution is 5.83. The third-order valence-corrected chi connectivity index (χ3v) is 6.05. The fraction of sp³-hybridized carbons (Fsp3) is 0.435. The first kappa shape index (κ1) is 20.2. The van der Waals surface area contributed by atoms with Gasteiger partial charge in [-0.25, -0.2) is 0 Å². The minimum absolute atomic E-state index is 0.0697. The van der Waals surface area contributed by atoms with Crippen molar-refractivity contribution in [2.75, 3.05) is 42.2 Å². The van der Waals surface area contributed by atoms with E-state index in [0.29, 0.717) is 48.2 Å². The van der Waals surface area contributed by atoms with E-state index in [9.17, 15) is 4.79 Å². The molecule has 0 amide bonds. The first-order chi connectivity index (χ1) is 14.6. The van der Waals surface area contributed by atoms with Gasteiger partial charge in [-0.05, 0) is 47.7 Å². The molecule has 0 bridgehead atoms. The molecule has 0 unspecified atom stereocenters. The Balaban J connectivity index is 2.05. The second kappa shape index (κ2) is 7.97. The summed E-state index contributed by atoms with van der Waals surface area (Å²) < 4.78 is 33.5. The summed E-state index contributed by atoms with van der Waals surface area (Å²) in [6.07, 6.45) is 1.19. The Hall–Kier alpha value is -3.09. The lowest BCUT2D eigenvalue weighted by Gasteiger charge is -2.27. The topological polar surface area (TPSA) is 72.5 Å². The highest BCUT2D eigenvalue weighted by atomic mass is 16.5. The zero-order chi connectivity index (χ0) is 21.4. The number of hydrogen-bond acceptors (Lipinski definition) is 7. The van der Waals surface area contributed by atoms with Crippen LogP contribution in [0.4, 0.5) is 0 Å². The van der Waals surface area contributed by atoms with Gasteiger partial charge in [0.25, 0.3) is 0 Å². The Morgan fingerprint density at radius 1 is 0.767 bits per heavy atom. The van der Waals surface area contributed by atoms with E-state index in [1.807, 2.05) is 18.2 Å². The molecule has 7 nitrogen and oxygen atoms in total. The van der Waals surface area contributed by atoms with Gasteiger partial charge >= 0.3 is 5.97 Å². The summed E-state index contributed by atoms with van der Waals surface area (Å²) in [6, 6.07) is 5.88. The van der Waals surface area contributed by atoms with E-state index < -0.39 is 0 Å². The van der Waals surface area contributed by atoms with Crippen molar-refractivity contribution in [3.8, 4) is 39.9 Å². The van der Waals surface area contributed by atoms with Gasteiger partial charge in [0.1, 0.15) is 0 Å². The van der Waals surface area contributed by atoms with Crippen LogP contribution in [0.25, 0.3) is 11.1 Å². The summed E-state index contributed by atoms with van der Waals surface area (Å²) >= 11 is 0. The molecule has 2 aromatic carbocycles. The molecule has 7 heteroatoms. The molecule has 0 N–H and O–H groups in total. The zero-order valence-electron chi connectivity index (χ0n) is 17.9. The maximum Gasteiger partial charge on any atom is 0.309 e. The molecule has 2 aliphatic rings. The quantitative estimate of drug-likeness (QED) is 0.695. The lowest BCUT2D eigenvalue weighted by atomic mass is 9.77. The van der Waals surface area contributed by atoms with E-state index >= 15 is 0 Å². The summed E-state index contributed by atoms with van der Waals surface area (Å²) in [5.74, 6) is 2.54. The summed E-state index contributed by atoms with van der Waals surface area (Å²) in [7, 11) is 7.98. The molecule has 0 aromatic heterocycles. The van der Waals surface area contributed by atoms with Crippen LogP contribution in [-0.4, -0.2) is 48.1 Å². The second-order valence-electron chi connectivity index (χ2n) is 7.44. The van der Waals surface area contributed by atoms with Crippen LogP contribution >= 0.6 is 0 Å². The van der Waals surface area contributed by atoms with Crippen molar-refractivity contribution in [3.05, 3.63) is 29.3 Å². The molecule has 0 radical (unpaired) electrons. The van der Waals surface area contributed by atoms with E-state index in [0.717, 1.165) is 22.3 Å². The van der Waals surface area contributed by atoms with Crippen LogP contribution in [0.3, 0.4) is 0 Å². The molecule has 1 saturated heterocycles. The normalized spacial score (nSPS) is 19.4. The zero-order valence-corrected chi connectivity index (χ0v) is 17.9. The van der Waals surface area contributed by atoms with E-state index in [4.69, 9.17) is 28.4 Å². The predicted molar refractivity (Wildman–Crippen MR) is 110 cm³/mol. The molecule has 0 saturated carbocycles. The van der Waals surface area contributed by atoms with Crippen molar-refractivity contribution in [3.63, 3.8) is 0 Å². The van der Waals surface area contributed by atoms with Crippen molar-refractivity contribution < 1.29 is 33.2 Å². The van der Waals surface area contributed by atoms with Crippen molar-refractivity contribution in [2.24, 2.45) is 11.8 Å². The number of esters is 1. The summed E-state index contributed by atoms with van der Waals surface area (Å²) in [5, 5.41) is 0. The summed E-state index contributed by atoms with van der Waals surface area (Å²) in [5.41, 5.74) is 3.84. The molecule has 1 aliphatic carbocycles. The summed E-state index contributed by atoms with van der Waals surface area (Å²) in [6.45, 7) is 0.405. The lowest BCUT2D eigenvalue weighted by molar-refractivity contribution is -0.141. The molecule has 1 fully saturated rings. The average molecular weight is 414 g/mol. The van der Waals surface area contributed by atoms with Crippen LogP contribution in [0.1, 0.15) is 11.1 Å². The fourth-order valence-electron chi connectivity index (χ4n) is 4.56. The Morgan fingerprint density at radius 3 is 2.03 bits per heavy atom. The number of ether oxygens (including phenoxy) is 6. The minimum atomic E-state index is -0.253. The number of benzene rings is 2. The number of rotatable bonds is 5. The molecule has 4 rings (SSSR count). The van der Waals surface area contributed by atoms with Crippen LogP contribution in [0, 0.1) is 11.8 Å². The van der Waals surface area contributed by atoms with E-state index in [-0.39, 0.29) is 17.8 Å². The number of hydrogen-bond donors (Lipinski definition) is 0. The van der Waals surface area contributed by atoms with Crippen molar-refractivity contribution in [1.82, 2.24) is 0 Å². The minimum Gasteiger partial charge on any atom is -0.493 e. The molecule has 2 atom stereocenters. The second-order valence-corrected chi connectivity index (χ2v) is 7.44. The highest BCUT2D eigenvalue weighted by Gasteiger charge is 2.41. The monoisotopic (exact) mass is 414 g/mol. The van der Waals surface area contributed by atoms with E-state index in [2.05, 4.69) is 0 Å². The summed E-state index contributed by atoms with van der Waals surface area (Å²) in [4.78, 5) is 12.5. The Bertz CT molecular complexity index is 982. The van der Waals surface area contributed by atoms with E-state index in [1.165, 1.54) is 0 Å². The van der Waals surface area contributed by atoms with Crippen LogP contribution in [0.15, 0.2) is 18.2 Å². The standard InChI is InChI=1S/C23H26O7/c1-25-18-7-12-6-13-11-30-23(24)15(13)8-17-16(14(12)9-19(18)26-2)10-20(27-3)22(29-5)21(17)28-4/h7,9-10,13,15H,6,8,11H2,1-5H3/t13-,15-/m1/s1. The number of fused-ring (bicyclic) bond motifs is 4. The molecule has 2 aromatic rings. The Morgan fingerprint density at radius 2 is 1.40 bits per heavy atom. The third kappa shape index (κ3) is 3.09. The molecular formula is C23H26O7. The number of cyclic esters (lactones) is 1. The number of carbonyl (C=O) groups is 1. The maximum atomic E-state index is 12.5. The van der Waals surface area contributed by atoms with Gasteiger partial charge in [-0.3, -0.25) is 4.79 Å². The Labute approximate surface area is 175 Å². The molecule has 160 valence electrons. The predicted octanol–water partition coefficient (Wildman–Crippen LogP) is 3.28. The highest BCUT2D eigenvalue weighted by Crippen LogP contribution is 2.50. The van der Waals surface area contributed by atoms with Gasteiger partial charge in [0, 0.05) is 11.5 Å². The van der Waals surface area contributed by atoms with Crippen LogP contribution < -0.4 is 23.7 Å². The Kier molecular flexibility index (Phi) is 5.37. The smallest absolute Gasteiger partial charge is 0.309 e. The van der Waals surface area contributed by atoms with Gasteiger partial charge in [-0.15, -0.1) is 0 Å². The van der Waals surface area contributed by atoms with Gasteiger partial charge in [0.15, 0.2) is 23.0 Å². The first-order valence-electron chi connectivity index (χ1n) is 9.79. The number of carbonyl (C=O) groups excluding carboxylic acids is 1. The van der Waals surface area contributed by atoms with Gasteiger partial charge in [-0.2, -0.15) is 0 Å². The van der Waals surface area contributed by atoms with Gasteiger partial charge in [-0.1, -0.05) is 0 Å².